The molecule has 0 amide bonds. The van der Waals surface area contributed by atoms with E-state index in [1.807, 2.05) is 30.3 Å². The van der Waals surface area contributed by atoms with Gasteiger partial charge >= 0.3 is 0 Å². The summed E-state index contributed by atoms with van der Waals surface area (Å²) in [5.74, 6) is 0.870. The molecule has 7 heteroatoms. The van der Waals surface area contributed by atoms with Crippen molar-refractivity contribution in [3.05, 3.63) is 120 Å². The predicted molar refractivity (Wildman–Crippen MR) is 146 cm³/mol. The molecule has 0 fully saturated rings. The first-order valence-corrected chi connectivity index (χ1v) is 12.0. The first-order valence-electron chi connectivity index (χ1n) is 11.7. The van der Waals surface area contributed by atoms with E-state index in [0.717, 1.165) is 44.2 Å². The van der Waals surface area contributed by atoms with Crippen LogP contribution in [0.25, 0.3) is 32.9 Å². The van der Waals surface area contributed by atoms with Crippen LogP contribution in [-0.4, -0.2) is 15.0 Å². The van der Waals surface area contributed by atoms with Crippen LogP contribution >= 0.6 is 11.6 Å². The van der Waals surface area contributed by atoms with Gasteiger partial charge in [-0.25, -0.2) is 14.4 Å². The lowest BCUT2D eigenvalue weighted by Crippen LogP contribution is -1.99. The number of pyridine rings is 1. The van der Waals surface area contributed by atoms with Gasteiger partial charge in [-0.05, 0) is 71.3 Å². The van der Waals surface area contributed by atoms with Crippen LogP contribution in [0.15, 0.2) is 104 Å². The van der Waals surface area contributed by atoms with Crippen molar-refractivity contribution in [2.45, 2.75) is 6.61 Å². The maximum atomic E-state index is 13.4. The molecule has 0 unspecified atom stereocenters. The Morgan fingerprint density at radius 1 is 0.784 bits per heavy atom. The molecular formula is C30H20ClFN4O. The van der Waals surface area contributed by atoms with Gasteiger partial charge in [-0.1, -0.05) is 48.0 Å². The third kappa shape index (κ3) is 4.79. The van der Waals surface area contributed by atoms with Crippen molar-refractivity contribution < 1.29 is 9.13 Å². The average Bonchev–Trinajstić information content (AvgIpc) is 2.92. The number of ether oxygens (including phenoxy) is 1. The molecule has 37 heavy (non-hydrogen) atoms. The Morgan fingerprint density at radius 2 is 1.68 bits per heavy atom. The highest BCUT2D eigenvalue weighted by atomic mass is 35.5. The Kier molecular flexibility index (Phi) is 6.08. The van der Waals surface area contributed by atoms with E-state index >= 15 is 0 Å². The predicted octanol–water partition coefficient (Wildman–Crippen LogP) is 7.96. The smallest absolute Gasteiger partial charge is 0.141 e. The van der Waals surface area contributed by atoms with Crippen LogP contribution in [0.5, 0.6) is 5.75 Å². The number of aromatic nitrogens is 3. The molecule has 0 aliphatic rings. The van der Waals surface area contributed by atoms with Gasteiger partial charge in [-0.15, -0.1) is 0 Å². The Hall–Kier alpha value is -4.55. The Balaban J connectivity index is 1.29. The van der Waals surface area contributed by atoms with Crippen LogP contribution in [0.3, 0.4) is 0 Å². The summed E-state index contributed by atoms with van der Waals surface area (Å²) in [7, 11) is 0. The highest BCUT2D eigenvalue weighted by molar-refractivity contribution is 6.32. The first kappa shape index (κ1) is 22.9. The molecule has 1 N–H and O–H groups in total. The highest BCUT2D eigenvalue weighted by Gasteiger charge is 2.11. The summed E-state index contributed by atoms with van der Waals surface area (Å²) in [6.07, 6.45) is 3.33. The van der Waals surface area contributed by atoms with Crippen LogP contribution in [0.1, 0.15) is 5.56 Å². The molecule has 0 spiro atoms. The fourth-order valence-corrected chi connectivity index (χ4v) is 4.53. The molecule has 0 radical (unpaired) electrons. The molecule has 0 aliphatic carbocycles. The van der Waals surface area contributed by atoms with Crippen molar-refractivity contribution >= 4 is 44.9 Å². The van der Waals surface area contributed by atoms with Crippen molar-refractivity contribution in [2.75, 3.05) is 5.32 Å². The SMILES string of the molecule is Fc1cccc(COc2ccc(Nc3ncnc4ccc(-c5cccc6ncccc56)cc34)cc2Cl)c1. The van der Waals surface area contributed by atoms with Gasteiger partial charge in [0.15, 0.2) is 0 Å². The zero-order chi connectivity index (χ0) is 25.2. The van der Waals surface area contributed by atoms with Crippen molar-refractivity contribution in [1.82, 2.24) is 15.0 Å². The third-order valence-electron chi connectivity index (χ3n) is 6.07. The van der Waals surface area contributed by atoms with E-state index in [-0.39, 0.29) is 12.4 Å². The van der Waals surface area contributed by atoms with Gasteiger partial charge in [0.25, 0.3) is 0 Å². The normalized spacial score (nSPS) is 11.1. The van der Waals surface area contributed by atoms with Crippen molar-refractivity contribution in [3.8, 4) is 16.9 Å². The lowest BCUT2D eigenvalue weighted by molar-refractivity contribution is 0.306. The summed E-state index contributed by atoms with van der Waals surface area (Å²) in [5, 5.41) is 5.75. The van der Waals surface area contributed by atoms with Crippen molar-refractivity contribution in [3.63, 3.8) is 0 Å². The van der Waals surface area contributed by atoms with Crippen molar-refractivity contribution in [1.29, 1.82) is 0 Å². The van der Waals surface area contributed by atoms with Gasteiger partial charge in [-0.2, -0.15) is 0 Å². The maximum absolute atomic E-state index is 13.4. The number of benzene rings is 4. The second-order valence-electron chi connectivity index (χ2n) is 8.52. The summed E-state index contributed by atoms with van der Waals surface area (Å²) < 4.78 is 19.2. The van der Waals surface area contributed by atoms with Gasteiger partial charge in [-0.3, -0.25) is 4.98 Å². The molecule has 0 bridgehead atoms. The summed E-state index contributed by atoms with van der Waals surface area (Å²) in [4.78, 5) is 13.4. The quantitative estimate of drug-likeness (QED) is 0.248. The minimum Gasteiger partial charge on any atom is -0.487 e. The van der Waals surface area contributed by atoms with Gasteiger partial charge in [0.2, 0.25) is 0 Å². The zero-order valence-electron chi connectivity index (χ0n) is 19.5. The fraction of sp³-hybridized carbons (Fsp3) is 0.0333. The van der Waals surface area contributed by atoms with Gasteiger partial charge in [0.05, 0.1) is 16.1 Å². The molecule has 6 aromatic rings. The van der Waals surface area contributed by atoms with E-state index in [2.05, 4.69) is 44.5 Å². The maximum Gasteiger partial charge on any atom is 0.141 e. The molecule has 5 nitrogen and oxygen atoms in total. The molecule has 6 rings (SSSR count). The number of anilines is 2. The lowest BCUT2D eigenvalue weighted by atomic mass is 9.99. The average molecular weight is 507 g/mol. The summed E-state index contributed by atoms with van der Waals surface area (Å²) in [6.45, 7) is 0.216. The molecule has 0 saturated carbocycles. The van der Waals surface area contributed by atoms with Crippen LogP contribution < -0.4 is 10.1 Å². The van der Waals surface area contributed by atoms with E-state index in [1.54, 1.807) is 30.5 Å². The molecule has 0 atom stereocenters. The number of rotatable bonds is 6. The standard InChI is InChI=1S/C30H20ClFN4O/c31-26-16-22(10-12-29(26)37-17-19-4-1-5-21(32)14-19)36-30-25-15-20(9-11-28(25)34-18-35-30)23-6-2-8-27-24(23)7-3-13-33-27/h1-16,18H,17H2,(H,34,35,36). The number of halogens is 2. The van der Waals surface area contributed by atoms with E-state index < -0.39 is 0 Å². The molecule has 0 saturated heterocycles. The van der Waals surface area contributed by atoms with Crippen LogP contribution in [0, 0.1) is 5.82 Å². The van der Waals surface area contributed by atoms with E-state index in [4.69, 9.17) is 16.3 Å². The Labute approximate surface area is 217 Å². The van der Waals surface area contributed by atoms with Crippen molar-refractivity contribution in [2.24, 2.45) is 0 Å². The van der Waals surface area contributed by atoms with Gasteiger partial charge in [0.1, 0.15) is 30.3 Å². The van der Waals surface area contributed by atoms with Crippen LogP contribution in [-0.2, 0) is 6.61 Å². The van der Waals surface area contributed by atoms with E-state index in [1.165, 1.54) is 18.5 Å². The largest absolute Gasteiger partial charge is 0.487 e. The second kappa shape index (κ2) is 9.84. The second-order valence-corrected chi connectivity index (χ2v) is 8.93. The zero-order valence-corrected chi connectivity index (χ0v) is 20.3. The molecule has 180 valence electrons. The summed E-state index contributed by atoms with van der Waals surface area (Å²) >= 11 is 6.49. The summed E-state index contributed by atoms with van der Waals surface area (Å²) in [5.41, 5.74) is 5.37. The Morgan fingerprint density at radius 3 is 2.57 bits per heavy atom. The minimum atomic E-state index is -0.302. The number of fused-ring (bicyclic) bond motifs is 2. The first-order chi connectivity index (χ1) is 18.1. The molecule has 4 aromatic carbocycles. The number of hydrogen-bond donors (Lipinski definition) is 1. The van der Waals surface area contributed by atoms with Crippen LogP contribution in [0.4, 0.5) is 15.9 Å². The highest BCUT2D eigenvalue weighted by Crippen LogP contribution is 2.34. The monoisotopic (exact) mass is 506 g/mol. The van der Waals surface area contributed by atoms with Gasteiger partial charge in [0, 0.05) is 22.7 Å². The third-order valence-corrected chi connectivity index (χ3v) is 6.37. The van der Waals surface area contributed by atoms with E-state index in [0.29, 0.717) is 16.6 Å². The molecular weight excluding hydrogens is 487 g/mol. The fourth-order valence-electron chi connectivity index (χ4n) is 4.30. The molecule has 0 aliphatic heterocycles. The van der Waals surface area contributed by atoms with E-state index in [9.17, 15) is 4.39 Å². The van der Waals surface area contributed by atoms with Crippen LogP contribution in [0.2, 0.25) is 5.02 Å². The minimum absolute atomic E-state index is 0.216. The Bertz CT molecular complexity index is 1750. The molecule has 2 aromatic heterocycles. The number of hydrogen-bond acceptors (Lipinski definition) is 5. The lowest BCUT2D eigenvalue weighted by Gasteiger charge is -2.13. The summed E-state index contributed by atoms with van der Waals surface area (Å²) in [6, 6.07) is 27.9. The topological polar surface area (TPSA) is 59.9 Å². The molecule has 2 heterocycles. The number of nitrogens with one attached hydrogen (secondary N) is 1. The van der Waals surface area contributed by atoms with Gasteiger partial charge < -0.3 is 10.1 Å². The number of nitrogens with zero attached hydrogens (tertiary/aromatic N) is 3.